The number of amides is 1. The fourth-order valence-electron chi connectivity index (χ4n) is 3.20. The Morgan fingerprint density at radius 1 is 1.32 bits per heavy atom. The molecule has 1 aliphatic heterocycles. The molecule has 0 aromatic heterocycles. The normalized spacial score (nSPS) is 22.0. The highest BCUT2D eigenvalue weighted by atomic mass is 16.6. The molecule has 1 fully saturated rings. The number of ether oxygens (including phenoxy) is 1. The first-order chi connectivity index (χ1) is 10.1. The number of likely N-dealkylation sites (N-methyl/N-ethyl adjacent to an activating group) is 1. The van der Waals surface area contributed by atoms with Crippen molar-refractivity contribution in [2.24, 2.45) is 0 Å². The van der Waals surface area contributed by atoms with E-state index in [-0.39, 0.29) is 6.09 Å². The van der Waals surface area contributed by atoms with Crippen molar-refractivity contribution in [2.75, 3.05) is 27.2 Å². The molecule has 0 spiro atoms. The van der Waals surface area contributed by atoms with Crippen molar-refractivity contribution in [1.82, 2.24) is 15.1 Å². The molecule has 130 valence electrons. The second-order valence-corrected chi connectivity index (χ2v) is 7.94. The number of nitrogens with one attached hydrogen (secondary N) is 1. The monoisotopic (exact) mass is 313 g/mol. The lowest BCUT2D eigenvalue weighted by molar-refractivity contribution is 0.0214. The molecule has 0 radical (unpaired) electrons. The highest BCUT2D eigenvalue weighted by Crippen LogP contribution is 2.24. The highest BCUT2D eigenvalue weighted by molar-refractivity contribution is 5.68. The largest absolute Gasteiger partial charge is 0.444 e. The third-order valence-electron chi connectivity index (χ3n) is 3.84. The lowest BCUT2D eigenvalue weighted by atomic mass is 10.1. The second kappa shape index (κ2) is 8.16. The first-order valence-corrected chi connectivity index (χ1v) is 8.49. The van der Waals surface area contributed by atoms with Crippen LogP contribution in [0, 0.1) is 0 Å². The van der Waals surface area contributed by atoms with Crippen LogP contribution in [0.5, 0.6) is 0 Å². The summed E-state index contributed by atoms with van der Waals surface area (Å²) in [7, 11) is 4.17. The molecule has 1 heterocycles. The van der Waals surface area contributed by atoms with Crippen LogP contribution in [-0.2, 0) is 4.74 Å². The topological polar surface area (TPSA) is 44.8 Å². The summed E-state index contributed by atoms with van der Waals surface area (Å²) >= 11 is 0. The van der Waals surface area contributed by atoms with E-state index in [1.807, 2.05) is 25.7 Å². The van der Waals surface area contributed by atoms with Crippen molar-refractivity contribution >= 4 is 6.09 Å². The highest BCUT2D eigenvalue weighted by Gasteiger charge is 2.32. The zero-order chi connectivity index (χ0) is 16.9. The van der Waals surface area contributed by atoms with E-state index in [2.05, 4.69) is 38.2 Å². The molecule has 1 aliphatic rings. The molecule has 22 heavy (non-hydrogen) atoms. The van der Waals surface area contributed by atoms with Gasteiger partial charge < -0.3 is 19.9 Å². The Hall–Kier alpha value is -0.810. The van der Waals surface area contributed by atoms with Gasteiger partial charge in [-0.2, -0.15) is 0 Å². The SMILES string of the molecule is CC(CC1CCCN1C(=O)OC(C)(C)C)NC(C)CN(C)C. The summed E-state index contributed by atoms with van der Waals surface area (Å²) in [6.45, 7) is 12.0. The molecule has 1 rings (SSSR count). The number of likely N-dealkylation sites (tertiary alicyclic amines) is 1. The summed E-state index contributed by atoms with van der Waals surface area (Å²) in [5.74, 6) is 0. The van der Waals surface area contributed by atoms with Gasteiger partial charge in [0, 0.05) is 31.2 Å². The third-order valence-corrected chi connectivity index (χ3v) is 3.84. The van der Waals surface area contributed by atoms with Gasteiger partial charge in [0.25, 0.3) is 0 Å². The van der Waals surface area contributed by atoms with Crippen LogP contribution >= 0.6 is 0 Å². The van der Waals surface area contributed by atoms with E-state index in [9.17, 15) is 4.79 Å². The minimum Gasteiger partial charge on any atom is -0.444 e. The fraction of sp³-hybridized carbons (Fsp3) is 0.941. The second-order valence-electron chi connectivity index (χ2n) is 7.94. The molecular formula is C17H35N3O2. The minimum absolute atomic E-state index is 0.163. The summed E-state index contributed by atoms with van der Waals surface area (Å²) in [4.78, 5) is 16.4. The van der Waals surface area contributed by atoms with E-state index >= 15 is 0 Å². The number of hydrogen-bond donors (Lipinski definition) is 1. The molecule has 0 aliphatic carbocycles. The average Bonchev–Trinajstić information content (AvgIpc) is 2.72. The van der Waals surface area contributed by atoms with Crippen LogP contribution in [0.25, 0.3) is 0 Å². The molecule has 1 N–H and O–H groups in total. The maximum atomic E-state index is 12.3. The summed E-state index contributed by atoms with van der Waals surface area (Å²) in [5, 5.41) is 3.63. The molecular weight excluding hydrogens is 278 g/mol. The Balaban J connectivity index is 2.48. The number of carbonyl (C=O) groups excluding carboxylic acids is 1. The van der Waals surface area contributed by atoms with Crippen molar-refractivity contribution in [3.05, 3.63) is 0 Å². The van der Waals surface area contributed by atoms with Crippen LogP contribution in [0.2, 0.25) is 0 Å². The summed E-state index contributed by atoms with van der Waals surface area (Å²) in [5.41, 5.74) is -0.422. The zero-order valence-corrected chi connectivity index (χ0v) is 15.5. The molecule has 3 unspecified atom stereocenters. The van der Waals surface area contributed by atoms with Gasteiger partial charge in [-0.25, -0.2) is 4.79 Å². The van der Waals surface area contributed by atoms with Crippen molar-refractivity contribution < 1.29 is 9.53 Å². The van der Waals surface area contributed by atoms with E-state index in [1.165, 1.54) is 0 Å². The number of rotatable bonds is 6. The molecule has 1 amide bonds. The van der Waals surface area contributed by atoms with E-state index in [0.29, 0.717) is 18.1 Å². The van der Waals surface area contributed by atoms with Gasteiger partial charge in [0.1, 0.15) is 5.60 Å². The van der Waals surface area contributed by atoms with Gasteiger partial charge in [-0.3, -0.25) is 0 Å². The number of nitrogens with zero attached hydrogens (tertiary/aromatic N) is 2. The van der Waals surface area contributed by atoms with Gasteiger partial charge >= 0.3 is 6.09 Å². The molecule has 0 aromatic carbocycles. The average molecular weight is 313 g/mol. The van der Waals surface area contributed by atoms with Gasteiger partial charge in [-0.15, -0.1) is 0 Å². The summed E-state index contributed by atoms with van der Waals surface area (Å²) in [6, 6.07) is 1.13. The molecule has 5 nitrogen and oxygen atoms in total. The standard InChI is InChI=1S/C17H35N3O2/c1-13(18-14(2)12-19(6)7)11-15-9-8-10-20(15)16(21)22-17(3,4)5/h13-15,18H,8-12H2,1-7H3. The van der Waals surface area contributed by atoms with Crippen LogP contribution in [0.4, 0.5) is 4.79 Å². The van der Waals surface area contributed by atoms with Crippen molar-refractivity contribution in [1.29, 1.82) is 0 Å². The van der Waals surface area contributed by atoms with E-state index in [0.717, 1.165) is 32.4 Å². The Labute approximate surface area is 136 Å². The van der Waals surface area contributed by atoms with E-state index < -0.39 is 5.60 Å². The van der Waals surface area contributed by atoms with Crippen LogP contribution in [-0.4, -0.2) is 66.8 Å². The molecule has 3 atom stereocenters. The Kier molecular flexibility index (Phi) is 7.13. The molecule has 0 aromatic rings. The Bertz CT molecular complexity index is 352. The van der Waals surface area contributed by atoms with Crippen LogP contribution < -0.4 is 5.32 Å². The van der Waals surface area contributed by atoms with E-state index in [1.54, 1.807) is 0 Å². The van der Waals surface area contributed by atoms with Gasteiger partial charge in [0.2, 0.25) is 0 Å². The van der Waals surface area contributed by atoms with Crippen LogP contribution in [0.1, 0.15) is 53.9 Å². The molecule has 0 bridgehead atoms. The Morgan fingerprint density at radius 3 is 2.50 bits per heavy atom. The Morgan fingerprint density at radius 2 is 1.95 bits per heavy atom. The quantitative estimate of drug-likeness (QED) is 0.819. The predicted molar refractivity (Wildman–Crippen MR) is 91.2 cm³/mol. The smallest absolute Gasteiger partial charge is 0.410 e. The number of hydrogen-bond acceptors (Lipinski definition) is 4. The van der Waals surface area contributed by atoms with Crippen molar-refractivity contribution in [3.8, 4) is 0 Å². The van der Waals surface area contributed by atoms with Gasteiger partial charge in [-0.1, -0.05) is 0 Å². The molecule has 5 heteroatoms. The summed E-state index contributed by atoms with van der Waals surface area (Å²) in [6.07, 6.45) is 2.97. The van der Waals surface area contributed by atoms with Crippen molar-refractivity contribution in [3.63, 3.8) is 0 Å². The maximum Gasteiger partial charge on any atom is 0.410 e. The number of carbonyl (C=O) groups is 1. The first kappa shape index (κ1) is 19.2. The van der Waals surface area contributed by atoms with E-state index in [4.69, 9.17) is 4.74 Å². The van der Waals surface area contributed by atoms with Gasteiger partial charge in [0.15, 0.2) is 0 Å². The summed E-state index contributed by atoms with van der Waals surface area (Å²) < 4.78 is 5.53. The minimum atomic E-state index is -0.422. The van der Waals surface area contributed by atoms with Crippen LogP contribution in [0.15, 0.2) is 0 Å². The molecule has 1 saturated heterocycles. The molecule has 0 saturated carbocycles. The zero-order valence-electron chi connectivity index (χ0n) is 15.5. The lowest BCUT2D eigenvalue weighted by Gasteiger charge is -2.31. The first-order valence-electron chi connectivity index (χ1n) is 8.49. The van der Waals surface area contributed by atoms with Crippen molar-refractivity contribution in [2.45, 2.75) is 77.6 Å². The third kappa shape index (κ3) is 6.97. The predicted octanol–water partition coefficient (Wildman–Crippen LogP) is 2.70. The van der Waals surface area contributed by atoms with Gasteiger partial charge in [-0.05, 0) is 68.0 Å². The maximum absolute atomic E-state index is 12.3. The lowest BCUT2D eigenvalue weighted by Crippen LogP contribution is -2.45. The van der Waals surface area contributed by atoms with Crippen LogP contribution in [0.3, 0.4) is 0 Å². The van der Waals surface area contributed by atoms with Gasteiger partial charge in [0.05, 0.1) is 0 Å². The fourth-order valence-corrected chi connectivity index (χ4v) is 3.20.